The summed E-state index contributed by atoms with van der Waals surface area (Å²) in [6.07, 6.45) is 67.0. The SMILES string of the molecule is CC/C=C\C/C=C\C/C=C\C/C=C\CCCCCCC(=O)NC(COP(=O)([O-])OCC[N+](C)(C)C)C(O)/C=C/CC/C=C/CCCCCCCCCCCCCCCCCCCCCCCC. The molecule has 67 heavy (non-hydrogen) atoms. The second kappa shape index (κ2) is 48.9. The minimum Gasteiger partial charge on any atom is -0.756 e. The minimum atomic E-state index is -4.61. The molecule has 0 aliphatic carbocycles. The van der Waals surface area contributed by atoms with E-state index in [0.717, 1.165) is 77.0 Å². The summed E-state index contributed by atoms with van der Waals surface area (Å²) in [5.41, 5.74) is 0. The molecule has 8 nitrogen and oxygen atoms in total. The molecule has 0 radical (unpaired) electrons. The maximum absolute atomic E-state index is 12.9. The monoisotopic (exact) mass is 959 g/mol. The highest BCUT2D eigenvalue weighted by Crippen LogP contribution is 2.38. The normalized spacial score (nSPS) is 14.6. The van der Waals surface area contributed by atoms with Crippen molar-refractivity contribution in [1.82, 2.24) is 5.32 Å². The molecule has 0 heterocycles. The second-order valence-electron chi connectivity index (χ2n) is 19.9. The quantitative estimate of drug-likeness (QED) is 0.0272. The van der Waals surface area contributed by atoms with Gasteiger partial charge in [0.1, 0.15) is 13.2 Å². The predicted molar refractivity (Wildman–Crippen MR) is 288 cm³/mol. The zero-order valence-electron chi connectivity index (χ0n) is 44.3. The number of allylic oxidation sites excluding steroid dienone is 11. The number of hydrogen-bond donors (Lipinski definition) is 2. The Morgan fingerprint density at radius 1 is 0.537 bits per heavy atom. The van der Waals surface area contributed by atoms with Crippen LogP contribution in [0.2, 0.25) is 0 Å². The van der Waals surface area contributed by atoms with E-state index >= 15 is 0 Å². The fraction of sp³-hybridized carbons (Fsp3) is 0.776. The first kappa shape index (κ1) is 64.9. The topological polar surface area (TPSA) is 108 Å². The van der Waals surface area contributed by atoms with E-state index in [1.165, 1.54) is 141 Å². The zero-order valence-corrected chi connectivity index (χ0v) is 45.2. The van der Waals surface area contributed by atoms with Gasteiger partial charge in [-0.05, 0) is 70.6 Å². The van der Waals surface area contributed by atoms with Gasteiger partial charge in [-0.15, -0.1) is 0 Å². The molecule has 3 atom stereocenters. The number of aliphatic hydroxyl groups excluding tert-OH is 1. The van der Waals surface area contributed by atoms with Crippen LogP contribution in [0.3, 0.4) is 0 Å². The Morgan fingerprint density at radius 3 is 1.39 bits per heavy atom. The van der Waals surface area contributed by atoms with Gasteiger partial charge < -0.3 is 28.8 Å². The van der Waals surface area contributed by atoms with Gasteiger partial charge in [0.15, 0.2) is 0 Å². The van der Waals surface area contributed by atoms with Gasteiger partial charge in [-0.25, -0.2) is 0 Å². The number of quaternary nitrogens is 1. The lowest BCUT2D eigenvalue weighted by molar-refractivity contribution is -0.870. The van der Waals surface area contributed by atoms with Crippen LogP contribution < -0.4 is 10.2 Å². The average Bonchev–Trinajstić information content (AvgIpc) is 3.29. The third-order valence-corrected chi connectivity index (χ3v) is 13.1. The van der Waals surface area contributed by atoms with Crippen molar-refractivity contribution in [2.45, 2.75) is 251 Å². The summed E-state index contributed by atoms with van der Waals surface area (Å²) in [5.74, 6) is -0.231. The number of hydrogen-bond acceptors (Lipinski definition) is 6. The average molecular weight is 959 g/mol. The van der Waals surface area contributed by atoms with Gasteiger partial charge in [-0.1, -0.05) is 234 Å². The number of unbranched alkanes of at least 4 members (excludes halogenated alkanes) is 27. The number of likely N-dealkylation sites (N-methyl/N-ethyl adjacent to an activating group) is 1. The lowest BCUT2D eigenvalue weighted by Crippen LogP contribution is -2.45. The first-order chi connectivity index (χ1) is 32.5. The van der Waals surface area contributed by atoms with Gasteiger partial charge in [0.25, 0.3) is 7.82 Å². The van der Waals surface area contributed by atoms with E-state index in [2.05, 4.69) is 79.9 Å². The number of rotatable bonds is 50. The number of phosphoric ester groups is 1. The molecular weight excluding hydrogens is 852 g/mol. The van der Waals surface area contributed by atoms with Crippen molar-refractivity contribution in [3.63, 3.8) is 0 Å². The summed E-state index contributed by atoms with van der Waals surface area (Å²) in [7, 11) is 1.22. The number of aliphatic hydroxyl groups is 1. The van der Waals surface area contributed by atoms with Crippen LogP contribution in [0.15, 0.2) is 72.9 Å². The lowest BCUT2D eigenvalue weighted by atomic mass is 10.0. The van der Waals surface area contributed by atoms with E-state index < -0.39 is 26.6 Å². The molecule has 0 saturated heterocycles. The molecule has 0 spiro atoms. The Morgan fingerprint density at radius 2 is 0.925 bits per heavy atom. The second-order valence-corrected chi connectivity index (χ2v) is 21.3. The molecule has 2 N–H and O–H groups in total. The third-order valence-electron chi connectivity index (χ3n) is 12.2. The van der Waals surface area contributed by atoms with E-state index in [0.29, 0.717) is 17.4 Å². The van der Waals surface area contributed by atoms with Crippen molar-refractivity contribution < 1.29 is 32.9 Å². The van der Waals surface area contributed by atoms with Crippen LogP contribution in [-0.4, -0.2) is 68.5 Å². The Balaban J connectivity index is 4.27. The van der Waals surface area contributed by atoms with E-state index in [9.17, 15) is 19.4 Å². The van der Waals surface area contributed by atoms with Crippen LogP contribution in [0.25, 0.3) is 0 Å². The van der Waals surface area contributed by atoms with Crippen LogP contribution >= 0.6 is 7.82 Å². The molecule has 0 aliphatic heterocycles. The van der Waals surface area contributed by atoms with Crippen molar-refractivity contribution >= 4 is 13.7 Å². The van der Waals surface area contributed by atoms with Crippen molar-refractivity contribution in [1.29, 1.82) is 0 Å². The van der Waals surface area contributed by atoms with Gasteiger partial charge in [0.05, 0.1) is 39.9 Å². The number of nitrogens with zero attached hydrogens (tertiary/aromatic N) is 1. The number of nitrogens with one attached hydrogen (secondary N) is 1. The molecule has 9 heteroatoms. The van der Waals surface area contributed by atoms with Crippen molar-refractivity contribution in [3.05, 3.63) is 72.9 Å². The highest BCUT2D eigenvalue weighted by molar-refractivity contribution is 7.45. The van der Waals surface area contributed by atoms with Crippen molar-refractivity contribution in [2.24, 2.45) is 0 Å². The summed E-state index contributed by atoms with van der Waals surface area (Å²) in [5, 5.41) is 13.8. The smallest absolute Gasteiger partial charge is 0.268 e. The van der Waals surface area contributed by atoms with Crippen LogP contribution in [0, 0.1) is 0 Å². The molecule has 0 aromatic rings. The summed E-state index contributed by atoms with van der Waals surface area (Å²) < 4.78 is 23.3. The predicted octanol–water partition coefficient (Wildman–Crippen LogP) is 16.1. The van der Waals surface area contributed by atoms with E-state index in [1.807, 2.05) is 27.2 Å². The van der Waals surface area contributed by atoms with E-state index in [4.69, 9.17) is 9.05 Å². The van der Waals surface area contributed by atoms with E-state index in [-0.39, 0.29) is 12.5 Å². The first-order valence-corrected chi connectivity index (χ1v) is 29.3. The number of phosphoric acid groups is 1. The molecule has 0 saturated carbocycles. The van der Waals surface area contributed by atoms with Crippen LogP contribution in [0.4, 0.5) is 0 Å². The number of carbonyl (C=O) groups is 1. The summed E-state index contributed by atoms with van der Waals surface area (Å²) in [4.78, 5) is 25.4. The molecule has 1 amide bonds. The van der Waals surface area contributed by atoms with Crippen molar-refractivity contribution in [2.75, 3.05) is 40.9 Å². The zero-order chi connectivity index (χ0) is 49.2. The Bertz CT molecular complexity index is 1320. The standard InChI is InChI=1S/C58H107N2O6P/c1-6-8-10-12-14-16-18-20-22-24-25-26-27-28-29-30-31-32-33-34-36-37-39-41-43-45-47-49-51-57(61)56(55-66-67(63,64)65-54-53-60(3,4)5)59-58(62)52-50-48-46-44-42-40-38-35-23-21-19-17-15-13-11-9-7-2/h9,11,15,17,21,23,38,40-41,43,49,51,56-57,61H,6-8,10,12-14,16,18-20,22,24-37,39,42,44-48,50,52-55H2,1-5H3,(H-,59,62,63,64)/b11-9-,17-15-,23-21-,40-38-,43-41+,51-49+. The maximum Gasteiger partial charge on any atom is 0.268 e. The molecule has 0 aliphatic rings. The molecule has 0 bridgehead atoms. The largest absolute Gasteiger partial charge is 0.756 e. The summed E-state index contributed by atoms with van der Waals surface area (Å²) in [6, 6.07) is -0.921. The Hall–Kier alpha value is -2.06. The summed E-state index contributed by atoms with van der Waals surface area (Å²) >= 11 is 0. The molecule has 0 aromatic heterocycles. The molecule has 390 valence electrons. The van der Waals surface area contributed by atoms with Gasteiger partial charge in [0, 0.05) is 6.42 Å². The van der Waals surface area contributed by atoms with Gasteiger partial charge in [0.2, 0.25) is 5.91 Å². The van der Waals surface area contributed by atoms with Crippen molar-refractivity contribution in [3.8, 4) is 0 Å². The van der Waals surface area contributed by atoms with Crippen LogP contribution in [0.1, 0.15) is 239 Å². The fourth-order valence-electron chi connectivity index (χ4n) is 7.81. The van der Waals surface area contributed by atoms with E-state index in [1.54, 1.807) is 6.08 Å². The number of amides is 1. The lowest BCUT2D eigenvalue weighted by Gasteiger charge is -2.29. The highest BCUT2D eigenvalue weighted by Gasteiger charge is 2.23. The third kappa shape index (κ3) is 51.6. The van der Waals surface area contributed by atoms with Crippen LogP contribution in [-0.2, 0) is 18.4 Å². The molecule has 0 fully saturated rings. The maximum atomic E-state index is 12.9. The molecule has 0 rings (SSSR count). The fourth-order valence-corrected chi connectivity index (χ4v) is 8.53. The highest BCUT2D eigenvalue weighted by atomic mass is 31.2. The van der Waals surface area contributed by atoms with Gasteiger partial charge in [-0.2, -0.15) is 0 Å². The molecule has 3 unspecified atom stereocenters. The van der Waals surface area contributed by atoms with Crippen LogP contribution in [0.5, 0.6) is 0 Å². The van der Waals surface area contributed by atoms with Gasteiger partial charge in [-0.3, -0.25) is 9.36 Å². The number of carbonyl (C=O) groups excluding carboxylic acids is 1. The molecular formula is C58H107N2O6P. The molecule has 0 aromatic carbocycles. The van der Waals surface area contributed by atoms with Gasteiger partial charge >= 0.3 is 0 Å². The Kier molecular flexibility index (Phi) is 47.4. The summed E-state index contributed by atoms with van der Waals surface area (Å²) in [6.45, 7) is 4.50. The minimum absolute atomic E-state index is 0.0147. The Labute approximate surface area is 414 Å². The first-order valence-electron chi connectivity index (χ1n) is 27.8.